The lowest BCUT2D eigenvalue weighted by molar-refractivity contribution is -0.357. The maximum Gasteiger partial charge on any atom is 0.510 e. The molecule has 5 aliphatic rings. The van der Waals surface area contributed by atoms with E-state index in [2.05, 4.69) is 0 Å². The van der Waals surface area contributed by atoms with E-state index in [1.807, 2.05) is 0 Å². The molecule has 4 heterocycles. The number of carbonyl (C=O) groups excluding carboxylic acids is 1. The Balaban J connectivity index is 1.06. The average Bonchev–Trinajstić information content (AvgIpc) is 3.28. The van der Waals surface area contributed by atoms with Crippen LogP contribution in [0.3, 0.4) is 0 Å². The molecule has 0 aromatic heterocycles. The third kappa shape index (κ3) is 10.2. The van der Waals surface area contributed by atoms with Crippen molar-refractivity contribution in [3.05, 3.63) is 82.5 Å². The molecule has 1 aliphatic carbocycles. The maximum atomic E-state index is 12.2. The lowest BCUT2D eigenvalue weighted by atomic mass is 9.97. The molecule has 352 valence electrons. The maximum absolute atomic E-state index is 12.2. The molecule has 14 N–H and O–H groups in total. The number of phenols is 3. The summed E-state index contributed by atoms with van der Waals surface area (Å²) in [6, 6.07) is 12.6. The Kier molecular flexibility index (Phi) is 14.6. The van der Waals surface area contributed by atoms with Gasteiger partial charge in [-0.2, -0.15) is 0 Å². The van der Waals surface area contributed by atoms with E-state index in [1.165, 1.54) is 54.6 Å². The standard InChI is InChI=1S/C42H46O23/c43-13-26-30(50)33(53)36(56)40(62-26)60-24-9-16(1-7-21(24)47)2-8-29(49)58-15-28-32(52)34(54)37(57)41(64-28)65-39-35(55)31(51)27(14-44)63-42(39)61-25-12-20-22(48)10-19(46)11-23(20)59-38(25)17-3-5-18(45)6-4-17/h1-12,26-28,30-37,39-45,47-48,50-57H,13-15H2/p+1/t26-,27-,28-,30-,31-,32-,33+,34+,35+,36-,37-,39-,40-,41+,42-/m1/s1. The predicted molar refractivity (Wildman–Crippen MR) is 215 cm³/mol. The largest absolute Gasteiger partial charge is 0.510 e. The first-order valence-electron chi connectivity index (χ1n) is 19.9. The summed E-state index contributed by atoms with van der Waals surface area (Å²) in [5, 5.41) is 135. The topological polar surface area (TPSA) is 379 Å². The van der Waals surface area contributed by atoms with E-state index in [9.17, 15) is 76.0 Å². The smallest absolute Gasteiger partial charge is 0.508 e. The monoisotopic (exact) mass is 919 g/mol. The van der Waals surface area contributed by atoms with Crippen LogP contribution in [0, 0.1) is 0 Å². The highest BCUT2D eigenvalue weighted by atomic mass is 16.8. The lowest BCUT2D eigenvalue weighted by Gasteiger charge is -2.45. The molecule has 3 saturated heterocycles. The Morgan fingerprint density at radius 3 is 1.91 bits per heavy atom. The van der Waals surface area contributed by atoms with Gasteiger partial charge in [0, 0.05) is 17.7 Å². The minimum absolute atomic E-state index is 0.00996. The number of phenolic OH excluding ortho intramolecular Hbond substituents is 3. The van der Waals surface area contributed by atoms with E-state index in [0.29, 0.717) is 0 Å². The van der Waals surface area contributed by atoms with Gasteiger partial charge in [0.15, 0.2) is 40.8 Å². The second-order valence-electron chi connectivity index (χ2n) is 15.3. The number of aromatic hydroxyl groups is 3. The number of aliphatic hydroxyl groups excluding tert-OH is 10. The van der Waals surface area contributed by atoms with Crippen molar-refractivity contribution in [1.29, 1.82) is 0 Å². The molecule has 0 bridgehead atoms. The zero-order chi connectivity index (χ0) is 46.9. The van der Waals surface area contributed by atoms with Crippen molar-refractivity contribution in [3.63, 3.8) is 0 Å². The van der Waals surface area contributed by atoms with Crippen molar-refractivity contribution in [2.24, 2.45) is 0 Å². The molecule has 3 fully saturated rings. The van der Waals surface area contributed by atoms with Gasteiger partial charge >= 0.3 is 5.97 Å². The summed E-state index contributed by atoms with van der Waals surface area (Å²) in [6.07, 6.45) is -24.1. The molecule has 23 nitrogen and oxygen atoms in total. The van der Waals surface area contributed by atoms with Gasteiger partial charge in [-0.1, -0.05) is 6.07 Å². The molecule has 2 aromatic carbocycles. The zero-order valence-electron chi connectivity index (χ0n) is 33.6. The van der Waals surface area contributed by atoms with Crippen molar-refractivity contribution in [2.45, 2.75) is 92.1 Å². The van der Waals surface area contributed by atoms with Crippen LogP contribution >= 0.6 is 0 Å². The molecule has 7 rings (SSSR count). The van der Waals surface area contributed by atoms with Crippen molar-refractivity contribution in [3.8, 4) is 51.4 Å². The van der Waals surface area contributed by atoms with Gasteiger partial charge in [0.2, 0.25) is 19.2 Å². The molecule has 2 aromatic rings. The molecule has 0 radical (unpaired) electrons. The fraction of sp³-hybridized carbons (Fsp3) is 0.429. The van der Waals surface area contributed by atoms with Crippen molar-refractivity contribution >= 4 is 12.0 Å². The second-order valence-corrected chi connectivity index (χ2v) is 15.3. The third-order valence-corrected chi connectivity index (χ3v) is 10.9. The average molecular weight is 920 g/mol. The highest BCUT2D eigenvalue weighted by Gasteiger charge is 2.52. The fourth-order valence-corrected chi connectivity index (χ4v) is 7.22. The van der Waals surface area contributed by atoms with Crippen LogP contribution in [0.25, 0.3) is 28.7 Å². The Bertz CT molecular complexity index is 2320. The predicted octanol–water partition coefficient (Wildman–Crippen LogP) is -3.05. The molecule has 0 spiro atoms. The number of esters is 1. The van der Waals surface area contributed by atoms with Gasteiger partial charge < -0.3 is 109 Å². The number of fused-ring (bicyclic) bond motifs is 1. The van der Waals surface area contributed by atoms with E-state index < -0.39 is 135 Å². The van der Waals surface area contributed by atoms with Gasteiger partial charge in [-0.25, -0.2) is 0 Å². The molecular formula is C42H47O23+. The summed E-state index contributed by atoms with van der Waals surface area (Å²) in [6.45, 7) is -2.26. The Hall–Kier alpha value is -5.48. The minimum Gasteiger partial charge on any atom is -0.508 e. The normalized spacial score (nSPS) is 32.9. The van der Waals surface area contributed by atoms with Crippen molar-refractivity contribution in [1.82, 2.24) is 0 Å². The van der Waals surface area contributed by atoms with Crippen LogP contribution in [0.2, 0.25) is 0 Å². The Labute approximate surface area is 366 Å². The first-order valence-corrected chi connectivity index (χ1v) is 19.9. The minimum atomic E-state index is -2.03. The highest BCUT2D eigenvalue weighted by Crippen LogP contribution is 2.42. The number of ether oxygens (including phenoxy) is 7. The highest BCUT2D eigenvalue weighted by molar-refractivity contribution is 5.88. The molecule has 0 unspecified atom stereocenters. The SMILES string of the molecule is O=c1cc2oc(-c3ccc(O)cc3)c(O[C@@H]3O[C@H](CO)[C@@H](O)[C@H](O)[C@H]3O[C@@H]3O[C@H](COC(=[OH+])C=Cc4ccc(O)c(O[C@@H]5O[C@H](CO)[C@@H](O)[C@H](O)[C@H]5O)c4)[C@@H](O)[C@H](O)[C@H]3O)cc-2c(O)c1. The van der Waals surface area contributed by atoms with E-state index in [1.54, 1.807) is 0 Å². The zero-order valence-corrected chi connectivity index (χ0v) is 33.6. The van der Waals surface area contributed by atoms with Crippen LogP contribution in [0.4, 0.5) is 0 Å². The second kappa shape index (κ2) is 19.9. The molecule has 0 saturated carbocycles. The molecular weight excluding hydrogens is 872 g/mol. The van der Waals surface area contributed by atoms with Gasteiger partial charge in [-0.3, -0.25) is 4.79 Å². The molecule has 15 atom stereocenters. The van der Waals surface area contributed by atoms with Crippen molar-refractivity contribution in [2.75, 3.05) is 19.8 Å². The quantitative estimate of drug-likeness (QED) is 0.0360. The molecule has 23 heteroatoms. The first kappa shape index (κ1) is 47.5. The summed E-state index contributed by atoms with van der Waals surface area (Å²) < 4.78 is 45.6. The third-order valence-electron chi connectivity index (χ3n) is 10.9. The van der Waals surface area contributed by atoms with Gasteiger partial charge in [0.05, 0.1) is 24.9 Å². The first-order chi connectivity index (χ1) is 31.0. The summed E-state index contributed by atoms with van der Waals surface area (Å²) in [7, 11) is 0. The number of hydrogen-bond donors (Lipinski definition) is 13. The number of hydrogen-bond acceptors (Lipinski definition) is 22. The number of rotatable bonds is 13. The fourth-order valence-electron chi connectivity index (χ4n) is 7.22. The van der Waals surface area contributed by atoms with Crippen LogP contribution in [0.5, 0.6) is 28.7 Å². The van der Waals surface area contributed by atoms with E-state index in [4.69, 9.17) is 37.6 Å². The number of benzene rings is 3. The van der Waals surface area contributed by atoms with Crippen LogP contribution in [-0.2, 0) is 23.7 Å². The van der Waals surface area contributed by atoms with E-state index >= 15 is 0 Å². The lowest BCUT2D eigenvalue weighted by Crippen LogP contribution is -2.65. The Morgan fingerprint density at radius 2 is 1.23 bits per heavy atom. The van der Waals surface area contributed by atoms with E-state index in [-0.39, 0.29) is 45.5 Å². The van der Waals surface area contributed by atoms with Crippen LogP contribution in [-0.4, -0.2) is 189 Å². The summed E-state index contributed by atoms with van der Waals surface area (Å²) in [4.78, 5) is 22.8. The molecule has 0 amide bonds. The number of aliphatic hydroxyl groups is 10. The summed E-state index contributed by atoms with van der Waals surface area (Å²) in [5.41, 5.74) is -0.0620. The van der Waals surface area contributed by atoms with Gasteiger partial charge in [0.1, 0.15) is 84.4 Å². The van der Waals surface area contributed by atoms with Crippen LogP contribution in [0.15, 0.2) is 76.0 Å². The Morgan fingerprint density at radius 1 is 0.631 bits per heavy atom. The van der Waals surface area contributed by atoms with Gasteiger partial charge in [-0.05, 0) is 54.1 Å². The van der Waals surface area contributed by atoms with Gasteiger partial charge in [-0.15, -0.1) is 0 Å². The van der Waals surface area contributed by atoms with Crippen molar-refractivity contribution < 1.29 is 109 Å². The summed E-state index contributed by atoms with van der Waals surface area (Å²) >= 11 is 0. The van der Waals surface area contributed by atoms with E-state index in [0.717, 1.165) is 18.2 Å². The van der Waals surface area contributed by atoms with Crippen LogP contribution in [0.1, 0.15) is 5.56 Å². The molecule has 65 heavy (non-hydrogen) atoms. The van der Waals surface area contributed by atoms with Gasteiger partial charge in [0.25, 0.3) is 0 Å². The molecule has 4 aliphatic heterocycles. The van der Waals surface area contributed by atoms with Crippen LogP contribution < -0.4 is 14.9 Å². The summed E-state index contributed by atoms with van der Waals surface area (Å²) in [5.74, 6) is -2.46.